The number of hydrogen-bond acceptors (Lipinski definition) is 4. The van der Waals surface area contributed by atoms with Gasteiger partial charge >= 0.3 is 11.9 Å². The summed E-state index contributed by atoms with van der Waals surface area (Å²) < 4.78 is 11.0. The van der Waals surface area contributed by atoms with Crippen LogP contribution in [0.1, 0.15) is 150 Å². The molecule has 2 unspecified atom stereocenters. The van der Waals surface area contributed by atoms with Crippen LogP contribution >= 0.6 is 0 Å². The first-order valence-corrected chi connectivity index (χ1v) is 13.9. The average Bonchev–Trinajstić information content (AvgIpc) is 2.78. The van der Waals surface area contributed by atoms with E-state index in [2.05, 4.69) is 27.7 Å². The Hall–Kier alpha value is -1.06. The fraction of sp³-hybridized carbons (Fsp3) is 0.929. The minimum atomic E-state index is -0.0431. The maximum absolute atomic E-state index is 12.1. The molecule has 0 aliphatic heterocycles. The Morgan fingerprint density at radius 2 is 1.12 bits per heavy atom. The van der Waals surface area contributed by atoms with Crippen LogP contribution in [0.25, 0.3) is 0 Å². The predicted octanol–water partition coefficient (Wildman–Crippen LogP) is 8.55. The van der Waals surface area contributed by atoms with E-state index >= 15 is 0 Å². The number of rotatable bonds is 23. The van der Waals surface area contributed by atoms with E-state index in [1.54, 1.807) is 0 Å². The number of hydrogen-bond donors (Lipinski definition) is 0. The van der Waals surface area contributed by atoms with Gasteiger partial charge in [-0.1, -0.05) is 105 Å². The summed E-state index contributed by atoms with van der Waals surface area (Å²) in [5, 5.41) is 0. The molecule has 0 N–H and O–H groups in total. The lowest BCUT2D eigenvalue weighted by molar-refractivity contribution is -0.152. The number of carbonyl (C=O) groups is 2. The van der Waals surface area contributed by atoms with Gasteiger partial charge in [0.1, 0.15) is 6.10 Å². The molecule has 32 heavy (non-hydrogen) atoms. The van der Waals surface area contributed by atoms with E-state index < -0.39 is 0 Å². The molecule has 0 bridgehead atoms. The van der Waals surface area contributed by atoms with Gasteiger partial charge in [0.25, 0.3) is 0 Å². The maximum Gasteiger partial charge on any atom is 0.306 e. The minimum absolute atomic E-state index is 0.0426. The molecular weight excluding hydrogens is 400 g/mol. The third kappa shape index (κ3) is 19.6. The highest BCUT2D eigenvalue weighted by atomic mass is 16.5. The van der Waals surface area contributed by atoms with Crippen LogP contribution in [0.5, 0.6) is 0 Å². The Balaban J connectivity index is 3.47. The number of ether oxygens (including phenoxy) is 2. The first kappa shape index (κ1) is 30.9. The second-order valence-corrected chi connectivity index (χ2v) is 9.52. The number of carbonyl (C=O) groups excluding carboxylic acids is 2. The Bertz CT molecular complexity index is 435. The van der Waals surface area contributed by atoms with Crippen LogP contribution in [-0.4, -0.2) is 24.6 Å². The third-order valence-corrected chi connectivity index (χ3v) is 6.34. The van der Waals surface area contributed by atoms with Crippen molar-refractivity contribution >= 4 is 11.9 Å². The summed E-state index contributed by atoms with van der Waals surface area (Å²) in [5.74, 6) is 0.360. The van der Waals surface area contributed by atoms with E-state index in [0.29, 0.717) is 25.4 Å². The molecule has 0 amide bonds. The Labute approximate surface area is 199 Å². The molecular formula is C28H54O4. The van der Waals surface area contributed by atoms with Gasteiger partial charge in [-0.05, 0) is 38.0 Å². The second-order valence-electron chi connectivity index (χ2n) is 9.52. The summed E-state index contributed by atoms with van der Waals surface area (Å²) >= 11 is 0. The molecule has 4 nitrogen and oxygen atoms in total. The maximum atomic E-state index is 12.1. The summed E-state index contributed by atoms with van der Waals surface area (Å²) in [6, 6.07) is 0. The van der Waals surface area contributed by atoms with Crippen molar-refractivity contribution in [2.24, 2.45) is 5.92 Å². The SMILES string of the molecule is CCCCCCCCCCOC(=O)CCCCCCCCC(=O)OC(CC)C(C)CCC. The minimum Gasteiger partial charge on any atom is -0.466 e. The largest absolute Gasteiger partial charge is 0.466 e. The standard InChI is InChI=1S/C28H54O4/c1-5-8-9-10-11-14-17-20-24-31-27(29)22-18-15-12-13-16-19-23-28(30)32-26(7-3)25(4)21-6-2/h25-26H,5-24H2,1-4H3. The number of unbranched alkanes of at least 4 members (excludes halogenated alkanes) is 12. The van der Waals surface area contributed by atoms with E-state index in [4.69, 9.17) is 9.47 Å². The van der Waals surface area contributed by atoms with Crippen LogP contribution in [-0.2, 0) is 19.1 Å². The summed E-state index contributed by atoms with van der Waals surface area (Å²) in [5.41, 5.74) is 0. The molecule has 2 atom stereocenters. The lowest BCUT2D eigenvalue weighted by Gasteiger charge is -2.22. The third-order valence-electron chi connectivity index (χ3n) is 6.34. The fourth-order valence-corrected chi connectivity index (χ4v) is 4.21. The highest BCUT2D eigenvalue weighted by Crippen LogP contribution is 2.18. The van der Waals surface area contributed by atoms with E-state index in [1.807, 2.05) is 0 Å². The van der Waals surface area contributed by atoms with Gasteiger partial charge in [0.15, 0.2) is 0 Å². The molecule has 0 rings (SSSR count). The van der Waals surface area contributed by atoms with Gasteiger partial charge < -0.3 is 9.47 Å². The number of esters is 2. The van der Waals surface area contributed by atoms with E-state index in [9.17, 15) is 9.59 Å². The van der Waals surface area contributed by atoms with Gasteiger partial charge in [-0.15, -0.1) is 0 Å². The van der Waals surface area contributed by atoms with Crippen molar-refractivity contribution in [1.82, 2.24) is 0 Å². The summed E-state index contributed by atoms with van der Waals surface area (Å²) in [6.45, 7) is 9.27. The van der Waals surface area contributed by atoms with Gasteiger partial charge in [-0.2, -0.15) is 0 Å². The van der Waals surface area contributed by atoms with Gasteiger partial charge in [0.05, 0.1) is 6.61 Å². The van der Waals surface area contributed by atoms with Crippen LogP contribution in [0.3, 0.4) is 0 Å². The zero-order chi connectivity index (χ0) is 23.9. The summed E-state index contributed by atoms with van der Waals surface area (Å²) in [6.07, 6.45) is 20.5. The fourth-order valence-electron chi connectivity index (χ4n) is 4.21. The average molecular weight is 455 g/mol. The van der Waals surface area contributed by atoms with Gasteiger partial charge in [0.2, 0.25) is 0 Å². The van der Waals surface area contributed by atoms with Crippen LogP contribution in [0, 0.1) is 5.92 Å². The van der Waals surface area contributed by atoms with Crippen LogP contribution in [0.2, 0.25) is 0 Å². The Kier molecular flexibility index (Phi) is 22.3. The van der Waals surface area contributed by atoms with Crippen LogP contribution in [0.4, 0.5) is 0 Å². The quantitative estimate of drug-likeness (QED) is 0.115. The van der Waals surface area contributed by atoms with Crippen molar-refractivity contribution in [1.29, 1.82) is 0 Å². The Morgan fingerprint density at radius 3 is 1.66 bits per heavy atom. The zero-order valence-corrected chi connectivity index (χ0v) is 21.9. The first-order chi connectivity index (χ1) is 15.5. The lowest BCUT2D eigenvalue weighted by atomic mass is 9.97. The van der Waals surface area contributed by atoms with Crippen LogP contribution in [0.15, 0.2) is 0 Å². The molecule has 0 fully saturated rings. The highest BCUT2D eigenvalue weighted by molar-refractivity contribution is 5.69. The smallest absolute Gasteiger partial charge is 0.306 e. The van der Waals surface area contributed by atoms with E-state index in [1.165, 1.54) is 44.9 Å². The normalized spacial score (nSPS) is 13.0. The molecule has 0 aliphatic rings. The van der Waals surface area contributed by atoms with E-state index in [0.717, 1.165) is 64.2 Å². The molecule has 0 aromatic heterocycles. The predicted molar refractivity (Wildman–Crippen MR) is 135 cm³/mol. The molecule has 0 saturated carbocycles. The highest BCUT2D eigenvalue weighted by Gasteiger charge is 2.18. The molecule has 0 heterocycles. The van der Waals surface area contributed by atoms with Crippen molar-refractivity contribution < 1.29 is 19.1 Å². The molecule has 0 saturated heterocycles. The monoisotopic (exact) mass is 454 g/mol. The lowest BCUT2D eigenvalue weighted by Crippen LogP contribution is -2.24. The van der Waals surface area contributed by atoms with Crippen molar-refractivity contribution in [2.75, 3.05) is 6.61 Å². The molecule has 0 aliphatic carbocycles. The molecule has 0 radical (unpaired) electrons. The van der Waals surface area contributed by atoms with Crippen LogP contribution < -0.4 is 0 Å². The zero-order valence-electron chi connectivity index (χ0n) is 21.9. The van der Waals surface area contributed by atoms with Crippen molar-refractivity contribution in [3.63, 3.8) is 0 Å². The van der Waals surface area contributed by atoms with E-state index in [-0.39, 0.29) is 18.0 Å². The van der Waals surface area contributed by atoms with Gasteiger partial charge in [-0.3, -0.25) is 9.59 Å². The molecule has 0 spiro atoms. The molecule has 190 valence electrons. The molecule has 0 aromatic rings. The second kappa shape index (κ2) is 23.1. The van der Waals surface area contributed by atoms with Gasteiger partial charge in [-0.25, -0.2) is 0 Å². The summed E-state index contributed by atoms with van der Waals surface area (Å²) in [4.78, 5) is 23.8. The van der Waals surface area contributed by atoms with Gasteiger partial charge in [0, 0.05) is 12.8 Å². The molecule has 4 heteroatoms. The summed E-state index contributed by atoms with van der Waals surface area (Å²) in [7, 11) is 0. The molecule has 0 aromatic carbocycles. The van der Waals surface area contributed by atoms with Crippen molar-refractivity contribution in [3.8, 4) is 0 Å². The van der Waals surface area contributed by atoms with Crippen molar-refractivity contribution in [3.05, 3.63) is 0 Å². The van der Waals surface area contributed by atoms with Crippen molar-refractivity contribution in [2.45, 2.75) is 156 Å². The topological polar surface area (TPSA) is 52.6 Å². The first-order valence-electron chi connectivity index (χ1n) is 13.9. The Morgan fingerprint density at radius 1 is 0.625 bits per heavy atom.